The third-order valence-corrected chi connectivity index (χ3v) is 3.00. The van der Waals surface area contributed by atoms with Crippen LogP contribution < -0.4 is 14.4 Å². The van der Waals surface area contributed by atoms with Crippen LogP contribution in [0, 0.1) is 0 Å². The molecule has 1 atom stereocenters. The molecule has 0 amide bonds. The van der Waals surface area contributed by atoms with E-state index in [1.165, 1.54) is 0 Å². The summed E-state index contributed by atoms with van der Waals surface area (Å²) in [6.45, 7) is 0.0360. The van der Waals surface area contributed by atoms with E-state index in [1.807, 2.05) is 30.1 Å². The van der Waals surface area contributed by atoms with Crippen LogP contribution in [0.3, 0.4) is 0 Å². The molecule has 2 N–H and O–H groups in total. The summed E-state index contributed by atoms with van der Waals surface area (Å²) in [6.07, 6.45) is 0.515. The molecule has 1 rings (SSSR count). The van der Waals surface area contributed by atoms with Crippen LogP contribution in [0.2, 0.25) is 0 Å². The maximum atomic E-state index is 9.31. The highest BCUT2D eigenvalue weighted by molar-refractivity contribution is 5.56. The summed E-state index contributed by atoms with van der Waals surface area (Å²) >= 11 is 0. The molecule has 0 spiro atoms. The van der Waals surface area contributed by atoms with E-state index in [-0.39, 0.29) is 19.3 Å². The summed E-state index contributed by atoms with van der Waals surface area (Å²) < 4.78 is 10.4. The summed E-state index contributed by atoms with van der Waals surface area (Å²) in [4.78, 5) is 1.91. The summed E-state index contributed by atoms with van der Waals surface area (Å²) in [5.41, 5.74) is 0.903. The molecule has 102 valence electrons. The number of aliphatic hydroxyl groups excluding tert-OH is 2. The first-order valence-corrected chi connectivity index (χ1v) is 5.84. The highest BCUT2D eigenvalue weighted by atomic mass is 16.5. The lowest BCUT2D eigenvalue weighted by Crippen LogP contribution is -2.35. The number of hydrogen-bond acceptors (Lipinski definition) is 5. The predicted octanol–water partition coefficient (Wildman–Crippen LogP) is 0.883. The van der Waals surface area contributed by atoms with E-state index in [2.05, 4.69) is 0 Å². The Bertz CT molecular complexity index is 370. The van der Waals surface area contributed by atoms with Gasteiger partial charge < -0.3 is 24.6 Å². The van der Waals surface area contributed by atoms with Crippen molar-refractivity contribution >= 4 is 5.69 Å². The number of aliphatic hydroxyl groups is 2. The quantitative estimate of drug-likeness (QED) is 0.757. The number of methoxy groups -OCH3 is 2. The molecule has 0 bridgehead atoms. The number of likely N-dealkylation sites (N-methyl/N-ethyl adjacent to an activating group) is 1. The third kappa shape index (κ3) is 3.27. The summed E-state index contributed by atoms with van der Waals surface area (Å²) in [7, 11) is 5.04. The summed E-state index contributed by atoms with van der Waals surface area (Å²) in [5.74, 6) is 1.31. The van der Waals surface area contributed by atoms with Crippen LogP contribution in [0.5, 0.6) is 11.5 Å². The van der Waals surface area contributed by atoms with Crippen molar-refractivity contribution < 1.29 is 19.7 Å². The van der Waals surface area contributed by atoms with Gasteiger partial charge in [-0.1, -0.05) is 0 Å². The zero-order valence-corrected chi connectivity index (χ0v) is 11.1. The molecule has 5 heteroatoms. The SMILES string of the molecule is COc1ccc(N(C)C(CO)CCO)cc1OC. The minimum Gasteiger partial charge on any atom is -0.493 e. The predicted molar refractivity (Wildman–Crippen MR) is 70.5 cm³/mol. The van der Waals surface area contributed by atoms with Gasteiger partial charge in [0.1, 0.15) is 0 Å². The first kappa shape index (κ1) is 14.6. The Hall–Kier alpha value is -1.46. The van der Waals surface area contributed by atoms with Gasteiger partial charge in [0.15, 0.2) is 11.5 Å². The smallest absolute Gasteiger partial charge is 0.162 e. The lowest BCUT2D eigenvalue weighted by atomic mass is 10.1. The van der Waals surface area contributed by atoms with Gasteiger partial charge in [0.2, 0.25) is 0 Å². The van der Waals surface area contributed by atoms with E-state index in [1.54, 1.807) is 14.2 Å². The Balaban J connectivity index is 2.94. The van der Waals surface area contributed by atoms with Gasteiger partial charge in [-0.2, -0.15) is 0 Å². The van der Waals surface area contributed by atoms with Gasteiger partial charge in [0.25, 0.3) is 0 Å². The third-order valence-electron chi connectivity index (χ3n) is 3.00. The molecular formula is C13H21NO4. The average molecular weight is 255 g/mol. The largest absolute Gasteiger partial charge is 0.493 e. The minimum atomic E-state index is -0.117. The second-order valence-corrected chi connectivity index (χ2v) is 4.00. The highest BCUT2D eigenvalue weighted by Gasteiger charge is 2.15. The van der Waals surface area contributed by atoms with Crippen molar-refractivity contribution in [3.8, 4) is 11.5 Å². The van der Waals surface area contributed by atoms with Crippen molar-refractivity contribution in [2.45, 2.75) is 12.5 Å². The molecule has 18 heavy (non-hydrogen) atoms. The maximum absolute atomic E-state index is 9.31. The fourth-order valence-electron chi connectivity index (χ4n) is 1.81. The number of ether oxygens (including phenoxy) is 2. The molecule has 1 aromatic carbocycles. The van der Waals surface area contributed by atoms with Gasteiger partial charge in [0, 0.05) is 25.4 Å². The Morgan fingerprint density at radius 3 is 2.33 bits per heavy atom. The minimum absolute atomic E-state index is 0.00853. The molecule has 0 aromatic heterocycles. The van der Waals surface area contributed by atoms with Crippen LogP contribution in [-0.2, 0) is 0 Å². The molecular weight excluding hydrogens is 234 g/mol. The molecule has 0 radical (unpaired) electrons. The van der Waals surface area contributed by atoms with Crippen molar-refractivity contribution in [3.63, 3.8) is 0 Å². The van der Waals surface area contributed by atoms with E-state index in [4.69, 9.17) is 14.6 Å². The Morgan fingerprint density at radius 2 is 1.83 bits per heavy atom. The van der Waals surface area contributed by atoms with Gasteiger partial charge in [-0.05, 0) is 18.6 Å². The lowest BCUT2D eigenvalue weighted by molar-refractivity contribution is 0.218. The number of nitrogens with zero attached hydrogens (tertiary/aromatic N) is 1. The zero-order valence-electron chi connectivity index (χ0n) is 11.1. The van der Waals surface area contributed by atoms with Crippen LogP contribution in [0.25, 0.3) is 0 Å². The fourth-order valence-corrected chi connectivity index (χ4v) is 1.81. The number of hydrogen-bond donors (Lipinski definition) is 2. The van der Waals surface area contributed by atoms with E-state index in [9.17, 15) is 5.11 Å². The molecule has 1 unspecified atom stereocenters. The van der Waals surface area contributed by atoms with Crippen molar-refractivity contribution in [1.29, 1.82) is 0 Å². The van der Waals surface area contributed by atoms with Crippen LogP contribution >= 0.6 is 0 Å². The molecule has 0 fully saturated rings. The van der Waals surface area contributed by atoms with Crippen molar-refractivity contribution in [2.75, 3.05) is 39.4 Å². The molecule has 0 aliphatic carbocycles. The van der Waals surface area contributed by atoms with Gasteiger partial charge >= 0.3 is 0 Å². The maximum Gasteiger partial charge on any atom is 0.162 e. The first-order valence-electron chi connectivity index (χ1n) is 5.84. The molecule has 0 saturated heterocycles. The molecule has 0 aliphatic rings. The Morgan fingerprint density at radius 1 is 1.17 bits per heavy atom. The second-order valence-electron chi connectivity index (χ2n) is 4.00. The standard InChI is InChI=1S/C13H21NO4/c1-14(11(9-16)6-7-15)10-4-5-12(17-2)13(8-10)18-3/h4-5,8,11,15-16H,6-7,9H2,1-3H3. The first-order chi connectivity index (χ1) is 8.67. The van der Waals surface area contributed by atoms with Crippen LogP contribution in [0.1, 0.15) is 6.42 Å². The number of anilines is 1. The average Bonchev–Trinajstić information content (AvgIpc) is 2.43. The van der Waals surface area contributed by atoms with Crippen molar-refractivity contribution in [1.82, 2.24) is 0 Å². The lowest BCUT2D eigenvalue weighted by Gasteiger charge is -2.28. The van der Waals surface area contributed by atoms with Gasteiger partial charge in [-0.25, -0.2) is 0 Å². The van der Waals surface area contributed by atoms with Crippen molar-refractivity contribution in [3.05, 3.63) is 18.2 Å². The molecule has 0 aliphatic heterocycles. The van der Waals surface area contributed by atoms with E-state index < -0.39 is 0 Å². The number of benzene rings is 1. The van der Waals surface area contributed by atoms with E-state index in [0.29, 0.717) is 17.9 Å². The molecule has 5 nitrogen and oxygen atoms in total. The molecule has 0 heterocycles. The fraction of sp³-hybridized carbons (Fsp3) is 0.538. The highest BCUT2D eigenvalue weighted by Crippen LogP contribution is 2.31. The van der Waals surface area contributed by atoms with Crippen LogP contribution in [0.4, 0.5) is 5.69 Å². The van der Waals surface area contributed by atoms with Crippen LogP contribution in [0.15, 0.2) is 18.2 Å². The zero-order chi connectivity index (χ0) is 13.5. The summed E-state index contributed by atoms with van der Waals surface area (Å²) in [6, 6.07) is 5.44. The monoisotopic (exact) mass is 255 g/mol. The van der Waals surface area contributed by atoms with E-state index >= 15 is 0 Å². The Labute approximate surface area is 108 Å². The van der Waals surface area contributed by atoms with Gasteiger partial charge in [-0.15, -0.1) is 0 Å². The van der Waals surface area contributed by atoms with E-state index in [0.717, 1.165) is 5.69 Å². The molecule has 0 saturated carbocycles. The topological polar surface area (TPSA) is 62.2 Å². The molecule has 1 aromatic rings. The Kier molecular flexibility index (Phi) is 5.74. The van der Waals surface area contributed by atoms with Crippen LogP contribution in [-0.4, -0.2) is 50.7 Å². The van der Waals surface area contributed by atoms with Gasteiger partial charge in [0.05, 0.1) is 26.9 Å². The van der Waals surface area contributed by atoms with Gasteiger partial charge in [-0.3, -0.25) is 0 Å². The second kappa shape index (κ2) is 7.08. The normalized spacial score (nSPS) is 12.1. The number of rotatable bonds is 7. The summed E-state index contributed by atoms with van der Waals surface area (Å²) in [5, 5.41) is 18.3. The van der Waals surface area contributed by atoms with Crippen molar-refractivity contribution in [2.24, 2.45) is 0 Å².